The molecular weight excluding hydrogens is 310 g/mol. The molecule has 1 aromatic carbocycles. The standard InChI is InChI=1S/C14H19N3O4.ClH/c15-11(10-5-6-10)9-16-14(18)7-8-21-13-4-2-1-3-12(13)17(19)20;/h1-4,10-11H,5-9,15H2,(H,16,18);1H. The van der Waals surface area contributed by atoms with Crippen molar-refractivity contribution < 1.29 is 14.5 Å². The van der Waals surface area contributed by atoms with Crippen molar-refractivity contribution >= 4 is 24.0 Å². The van der Waals surface area contributed by atoms with Gasteiger partial charge in [-0.05, 0) is 24.8 Å². The Bertz CT molecular complexity index is 523. The molecule has 0 spiro atoms. The Morgan fingerprint density at radius 2 is 2.14 bits per heavy atom. The van der Waals surface area contributed by atoms with Gasteiger partial charge in [-0.15, -0.1) is 12.4 Å². The van der Waals surface area contributed by atoms with Crippen molar-refractivity contribution in [1.82, 2.24) is 5.32 Å². The van der Waals surface area contributed by atoms with E-state index in [0.29, 0.717) is 12.5 Å². The van der Waals surface area contributed by atoms with Gasteiger partial charge >= 0.3 is 5.69 Å². The molecule has 0 heterocycles. The van der Waals surface area contributed by atoms with E-state index in [-0.39, 0.29) is 48.8 Å². The quantitative estimate of drug-likeness (QED) is 0.557. The maximum Gasteiger partial charge on any atom is 0.310 e. The molecule has 8 heteroatoms. The van der Waals surface area contributed by atoms with Crippen LogP contribution >= 0.6 is 12.4 Å². The lowest BCUT2D eigenvalue weighted by molar-refractivity contribution is -0.385. The van der Waals surface area contributed by atoms with Crippen molar-refractivity contribution in [2.24, 2.45) is 11.7 Å². The first kappa shape index (κ1) is 18.2. The molecule has 122 valence electrons. The summed E-state index contributed by atoms with van der Waals surface area (Å²) < 4.78 is 5.30. The number of hydrogen-bond donors (Lipinski definition) is 2. The zero-order valence-electron chi connectivity index (χ0n) is 12.1. The van der Waals surface area contributed by atoms with Crippen LogP contribution in [-0.4, -0.2) is 30.0 Å². The average Bonchev–Trinajstić information content (AvgIpc) is 3.29. The highest BCUT2D eigenvalue weighted by molar-refractivity contribution is 5.85. The monoisotopic (exact) mass is 329 g/mol. The van der Waals surface area contributed by atoms with Crippen LogP contribution in [0.5, 0.6) is 5.75 Å². The van der Waals surface area contributed by atoms with Gasteiger partial charge in [-0.3, -0.25) is 14.9 Å². The van der Waals surface area contributed by atoms with Crippen molar-refractivity contribution in [3.63, 3.8) is 0 Å². The van der Waals surface area contributed by atoms with Gasteiger partial charge in [0.25, 0.3) is 0 Å². The SMILES string of the molecule is Cl.NC(CNC(=O)CCOc1ccccc1[N+](=O)[O-])C1CC1. The fourth-order valence-corrected chi connectivity index (χ4v) is 1.99. The zero-order chi connectivity index (χ0) is 15.2. The number of nitrogens with two attached hydrogens (primary N) is 1. The molecule has 22 heavy (non-hydrogen) atoms. The molecule has 3 N–H and O–H groups in total. The Balaban J connectivity index is 0.00000242. The number of ether oxygens (including phenoxy) is 1. The number of halogens is 1. The summed E-state index contributed by atoms with van der Waals surface area (Å²) >= 11 is 0. The number of nitro benzene ring substituents is 1. The van der Waals surface area contributed by atoms with E-state index in [1.165, 1.54) is 12.1 Å². The van der Waals surface area contributed by atoms with Gasteiger partial charge in [0.1, 0.15) is 0 Å². The summed E-state index contributed by atoms with van der Waals surface area (Å²) in [6, 6.07) is 6.11. The minimum absolute atomic E-state index is 0. The van der Waals surface area contributed by atoms with Gasteiger partial charge in [0, 0.05) is 18.7 Å². The van der Waals surface area contributed by atoms with Gasteiger partial charge in [-0.1, -0.05) is 12.1 Å². The Kier molecular flexibility index (Phi) is 7.07. The summed E-state index contributed by atoms with van der Waals surface area (Å²) in [5, 5.41) is 13.5. The molecule has 0 saturated heterocycles. The predicted octanol–water partition coefficient (Wildman–Crippen LogP) is 1.64. The second-order valence-corrected chi connectivity index (χ2v) is 5.13. The molecule has 0 bridgehead atoms. The number of nitrogens with zero attached hydrogens (tertiary/aromatic N) is 1. The highest BCUT2D eigenvalue weighted by Gasteiger charge is 2.28. The summed E-state index contributed by atoms with van der Waals surface area (Å²) in [6.45, 7) is 0.560. The van der Waals surface area contributed by atoms with E-state index in [4.69, 9.17) is 10.5 Å². The third-order valence-corrected chi connectivity index (χ3v) is 3.41. The third-order valence-electron chi connectivity index (χ3n) is 3.41. The number of nitrogens with one attached hydrogen (secondary N) is 1. The fraction of sp³-hybridized carbons (Fsp3) is 0.500. The molecule has 1 aliphatic rings. The smallest absolute Gasteiger partial charge is 0.310 e. The third kappa shape index (κ3) is 5.50. The number of carbonyl (C=O) groups excluding carboxylic acids is 1. The summed E-state index contributed by atoms with van der Waals surface area (Å²) in [6.07, 6.45) is 2.42. The Morgan fingerprint density at radius 3 is 2.77 bits per heavy atom. The van der Waals surface area contributed by atoms with Crippen molar-refractivity contribution in [3.05, 3.63) is 34.4 Å². The van der Waals surface area contributed by atoms with E-state index in [0.717, 1.165) is 12.8 Å². The molecule has 1 unspecified atom stereocenters. The summed E-state index contributed by atoms with van der Waals surface area (Å²) in [4.78, 5) is 21.9. The largest absolute Gasteiger partial charge is 0.486 e. The Morgan fingerprint density at radius 1 is 1.45 bits per heavy atom. The normalized spacial score (nSPS) is 14.6. The van der Waals surface area contributed by atoms with Crippen molar-refractivity contribution in [1.29, 1.82) is 0 Å². The van der Waals surface area contributed by atoms with Crippen LogP contribution in [-0.2, 0) is 4.79 Å². The zero-order valence-corrected chi connectivity index (χ0v) is 12.9. The molecule has 0 radical (unpaired) electrons. The predicted molar refractivity (Wildman–Crippen MR) is 84.2 cm³/mol. The maximum absolute atomic E-state index is 11.6. The molecule has 1 fully saturated rings. The summed E-state index contributed by atoms with van der Waals surface area (Å²) in [5.74, 6) is 0.545. The Hall–Kier alpha value is -1.86. The van der Waals surface area contributed by atoms with E-state index in [2.05, 4.69) is 5.32 Å². The highest BCUT2D eigenvalue weighted by atomic mass is 35.5. The number of para-hydroxylation sites is 2. The highest BCUT2D eigenvalue weighted by Crippen LogP contribution is 2.31. The molecule has 0 aromatic heterocycles. The number of amides is 1. The van der Waals surface area contributed by atoms with Crippen LogP contribution in [0.15, 0.2) is 24.3 Å². The number of benzene rings is 1. The summed E-state index contributed by atoms with van der Waals surface area (Å²) in [7, 11) is 0. The van der Waals surface area contributed by atoms with Crippen molar-refractivity contribution in [3.8, 4) is 5.75 Å². The van der Waals surface area contributed by atoms with Crippen LogP contribution in [0.25, 0.3) is 0 Å². The molecule has 1 aliphatic carbocycles. The van der Waals surface area contributed by atoms with E-state index in [9.17, 15) is 14.9 Å². The van der Waals surface area contributed by atoms with Gasteiger partial charge in [-0.25, -0.2) is 0 Å². The van der Waals surface area contributed by atoms with Crippen LogP contribution in [0.2, 0.25) is 0 Å². The first-order chi connectivity index (χ1) is 10.1. The van der Waals surface area contributed by atoms with Crippen LogP contribution in [0.3, 0.4) is 0 Å². The molecule has 1 aromatic rings. The van der Waals surface area contributed by atoms with E-state index in [1.54, 1.807) is 12.1 Å². The number of nitro groups is 1. The van der Waals surface area contributed by atoms with Crippen LogP contribution in [0, 0.1) is 16.0 Å². The van der Waals surface area contributed by atoms with E-state index in [1.807, 2.05) is 0 Å². The minimum Gasteiger partial charge on any atom is -0.486 e. The van der Waals surface area contributed by atoms with Gasteiger partial charge in [0.2, 0.25) is 5.91 Å². The average molecular weight is 330 g/mol. The molecule has 1 atom stereocenters. The molecule has 1 saturated carbocycles. The molecule has 2 rings (SSSR count). The second-order valence-electron chi connectivity index (χ2n) is 5.13. The molecule has 0 aliphatic heterocycles. The van der Waals surface area contributed by atoms with Gasteiger partial charge in [-0.2, -0.15) is 0 Å². The lowest BCUT2D eigenvalue weighted by Gasteiger charge is -2.11. The number of hydrogen-bond acceptors (Lipinski definition) is 5. The van der Waals surface area contributed by atoms with Crippen LogP contribution < -0.4 is 15.8 Å². The van der Waals surface area contributed by atoms with E-state index < -0.39 is 4.92 Å². The number of rotatable bonds is 8. The minimum atomic E-state index is -0.510. The molecular formula is C14H20ClN3O4. The molecule has 7 nitrogen and oxygen atoms in total. The summed E-state index contributed by atoms with van der Waals surface area (Å²) in [5.41, 5.74) is 5.78. The first-order valence-electron chi connectivity index (χ1n) is 6.96. The number of carbonyl (C=O) groups is 1. The fourth-order valence-electron chi connectivity index (χ4n) is 1.99. The van der Waals surface area contributed by atoms with Crippen LogP contribution in [0.1, 0.15) is 19.3 Å². The first-order valence-corrected chi connectivity index (χ1v) is 6.96. The lowest BCUT2D eigenvalue weighted by Crippen LogP contribution is -2.38. The van der Waals surface area contributed by atoms with Crippen molar-refractivity contribution in [2.45, 2.75) is 25.3 Å². The second kappa shape index (κ2) is 8.55. The topological polar surface area (TPSA) is 107 Å². The van der Waals surface area contributed by atoms with Gasteiger partial charge in [0.15, 0.2) is 5.75 Å². The van der Waals surface area contributed by atoms with Crippen LogP contribution in [0.4, 0.5) is 5.69 Å². The Labute approximate surface area is 134 Å². The van der Waals surface area contributed by atoms with Gasteiger partial charge in [0.05, 0.1) is 18.0 Å². The van der Waals surface area contributed by atoms with E-state index >= 15 is 0 Å². The molecule has 1 amide bonds. The maximum atomic E-state index is 11.6. The lowest BCUT2D eigenvalue weighted by atomic mass is 10.2. The van der Waals surface area contributed by atoms with Crippen molar-refractivity contribution in [2.75, 3.05) is 13.2 Å². The van der Waals surface area contributed by atoms with Gasteiger partial charge < -0.3 is 15.8 Å².